The van der Waals surface area contributed by atoms with E-state index in [1.807, 2.05) is 36.9 Å². The molecule has 128 valence electrons. The summed E-state index contributed by atoms with van der Waals surface area (Å²) < 4.78 is 4.23. The lowest BCUT2D eigenvalue weighted by atomic mass is 10.2. The van der Waals surface area contributed by atoms with Crippen molar-refractivity contribution in [2.24, 2.45) is 0 Å². The number of aromatic nitrogens is 5. The van der Waals surface area contributed by atoms with E-state index in [2.05, 4.69) is 30.6 Å². The lowest BCUT2D eigenvalue weighted by Crippen LogP contribution is -2.11. The second kappa shape index (κ2) is 8.28. The molecule has 0 spiro atoms. The largest absolute Gasteiger partial charge is 0.325 e. The third-order valence-corrected chi connectivity index (χ3v) is 3.94. The molecule has 0 bridgehead atoms. The van der Waals surface area contributed by atoms with Crippen LogP contribution in [0.2, 0.25) is 0 Å². The Morgan fingerprint density at radius 3 is 2.79 bits per heavy atom. The quantitative estimate of drug-likeness (QED) is 0.773. The summed E-state index contributed by atoms with van der Waals surface area (Å²) in [6, 6.07) is 6.19. The number of pyridine rings is 1. The van der Waals surface area contributed by atoms with Crippen LogP contribution in [0.15, 0.2) is 43.0 Å². The molecule has 1 N–H and O–H groups in total. The summed E-state index contributed by atoms with van der Waals surface area (Å²) >= 11 is 0. The molecule has 4 rings (SSSR count). The number of hydrogen-bond acceptors (Lipinski definition) is 4. The summed E-state index contributed by atoms with van der Waals surface area (Å²) in [7, 11) is 0. The first kappa shape index (κ1) is 18.4. The Kier molecular flexibility index (Phi) is 6.36. The van der Waals surface area contributed by atoms with Crippen molar-refractivity contribution in [2.45, 2.75) is 26.1 Å². The molecule has 4 heterocycles. The summed E-state index contributed by atoms with van der Waals surface area (Å²) in [6.07, 6.45) is 8.57. The van der Waals surface area contributed by atoms with Gasteiger partial charge in [0, 0.05) is 44.4 Å². The van der Waals surface area contributed by atoms with Crippen LogP contribution in [0.3, 0.4) is 0 Å². The highest BCUT2D eigenvalue weighted by Gasteiger charge is 2.15. The van der Waals surface area contributed by atoms with Crippen LogP contribution in [0.25, 0.3) is 11.5 Å². The van der Waals surface area contributed by atoms with Crippen molar-refractivity contribution in [1.82, 2.24) is 29.6 Å². The van der Waals surface area contributed by atoms with E-state index >= 15 is 0 Å². The highest BCUT2D eigenvalue weighted by atomic mass is 35.5. The van der Waals surface area contributed by atoms with Crippen molar-refractivity contribution >= 4 is 24.8 Å². The molecule has 0 fully saturated rings. The summed E-state index contributed by atoms with van der Waals surface area (Å²) in [5, 5.41) is 8.16. The number of rotatable bonds is 3. The Morgan fingerprint density at radius 2 is 1.96 bits per heavy atom. The summed E-state index contributed by atoms with van der Waals surface area (Å²) in [5.74, 6) is 0.914. The lowest BCUT2D eigenvalue weighted by Gasteiger charge is -2.06. The molecule has 0 aromatic carbocycles. The van der Waals surface area contributed by atoms with Gasteiger partial charge in [-0.05, 0) is 36.7 Å². The van der Waals surface area contributed by atoms with E-state index in [0.29, 0.717) is 0 Å². The van der Waals surface area contributed by atoms with Gasteiger partial charge in [-0.1, -0.05) is 0 Å². The van der Waals surface area contributed by atoms with Crippen molar-refractivity contribution < 1.29 is 0 Å². The molecule has 1 aliphatic rings. The minimum Gasteiger partial charge on any atom is -0.325 e. The van der Waals surface area contributed by atoms with Crippen molar-refractivity contribution in [3.05, 3.63) is 54.2 Å². The van der Waals surface area contributed by atoms with Gasteiger partial charge in [-0.2, -0.15) is 5.10 Å². The van der Waals surface area contributed by atoms with Gasteiger partial charge in [-0.3, -0.25) is 9.67 Å². The number of nitrogens with zero attached hydrogens (tertiary/aromatic N) is 5. The maximum Gasteiger partial charge on any atom is 0.160 e. The standard InChI is InChI=1S/C16H18N6.2ClH/c1-4-18-11-14-10-15(20-22(14)8-1)16-19-7-9-21(16)12-13-2-5-17-6-3-13;;/h2-3,5-7,9-10,18H,1,4,8,11-12H2;2*1H. The van der Waals surface area contributed by atoms with Crippen molar-refractivity contribution in [2.75, 3.05) is 6.54 Å². The lowest BCUT2D eigenvalue weighted by molar-refractivity contribution is 0.588. The van der Waals surface area contributed by atoms with Crippen LogP contribution in [-0.4, -0.2) is 30.9 Å². The maximum atomic E-state index is 4.74. The smallest absolute Gasteiger partial charge is 0.160 e. The van der Waals surface area contributed by atoms with Crippen molar-refractivity contribution in [1.29, 1.82) is 0 Å². The highest BCUT2D eigenvalue weighted by molar-refractivity contribution is 5.85. The maximum absolute atomic E-state index is 4.74. The molecule has 24 heavy (non-hydrogen) atoms. The van der Waals surface area contributed by atoms with Gasteiger partial charge in [-0.25, -0.2) is 4.98 Å². The molecular weight excluding hydrogens is 347 g/mol. The Labute approximate surface area is 153 Å². The van der Waals surface area contributed by atoms with E-state index in [1.54, 1.807) is 0 Å². The number of aryl methyl sites for hydroxylation is 1. The number of nitrogens with one attached hydrogen (secondary N) is 1. The number of fused-ring (bicyclic) bond motifs is 1. The summed E-state index contributed by atoms with van der Waals surface area (Å²) in [4.78, 5) is 8.56. The van der Waals surface area contributed by atoms with Crippen LogP contribution in [0.4, 0.5) is 0 Å². The number of hydrogen-bond donors (Lipinski definition) is 1. The molecule has 0 radical (unpaired) electrons. The number of halogens is 2. The molecule has 3 aromatic rings. The highest BCUT2D eigenvalue weighted by Crippen LogP contribution is 2.20. The van der Waals surface area contributed by atoms with Gasteiger partial charge in [0.2, 0.25) is 0 Å². The Hall–Kier alpha value is -1.89. The Morgan fingerprint density at radius 1 is 1.12 bits per heavy atom. The van der Waals surface area contributed by atoms with E-state index < -0.39 is 0 Å². The van der Waals surface area contributed by atoms with Gasteiger partial charge in [0.1, 0.15) is 5.69 Å². The van der Waals surface area contributed by atoms with Crippen LogP contribution in [0, 0.1) is 0 Å². The Bertz CT molecular complexity index is 744. The fourth-order valence-corrected chi connectivity index (χ4v) is 2.83. The first-order valence-electron chi connectivity index (χ1n) is 7.58. The topological polar surface area (TPSA) is 60.6 Å². The van der Waals surface area contributed by atoms with Crippen LogP contribution < -0.4 is 5.32 Å². The van der Waals surface area contributed by atoms with Crippen molar-refractivity contribution in [3.8, 4) is 11.5 Å². The third-order valence-electron chi connectivity index (χ3n) is 3.94. The average molecular weight is 367 g/mol. The minimum absolute atomic E-state index is 0. The molecule has 0 amide bonds. The Balaban J connectivity index is 0.00000104. The monoisotopic (exact) mass is 366 g/mol. The van der Waals surface area contributed by atoms with E-state index in [1.165, 1.54) is 11.3 Å². The van der Waals surface area contributed by atoms with Crippen LogP contribution in [0.5, 0.6) is 0 Å². The summed E-state index contributed by atoms with van der Waals surface area (Å²) in [5.41, 5.74) is 3.38. The van der Waals surface area contributed by atoms with Crippen LogP contribution >= 0.6 is 24.8 Å². The third kappa shape index (κ3) is 3.77. The van der Waals surface area contributed by atoms with Crippen LogP contribution in [0.1, 0.15) is 17.7 Å². The van der Waals surface area contributed by atoms with E-state index in [9.17, 15) is 0 Å². The van der Waals surface area contributed by atoms with Gasteiger partial charge in [0.05, 0.1) is 5.69 Å². The van der Waals surface area contributed by atoms with Gasteiger partial charge in [0.25, 0.3) is 0 Å². The zero-order valence-electron chi connectivity index (χ0n) is 13.1. The van der Waals surface area contributed by atoms with E-state index in [-0.39, 0.29) is 24.8 Å². The number of imidazole rings is 1. The second-order valence-corrected chi connectivity index (χ2v) is 5.51. The molecule has 0 atom stereocenters. The molecule has 6 nitrogen and oxygen atoms in total. The zero-order valence-corrected chi connectivity index (χ0v) is 14.8. The molecule has 3 aromatic heterocycles. The van der Waals surface area contributed by atoms with Gasteiger partial charge in [0.15, 0.2) is 5.82 Å². The minimum atomic E-state index is 0. The average Bonchev–Trinajstić information content (AvgIpc) is 3.10. The molecule has 0 saturated heterocycles. The van der Waals surface area contributed by atoms with Gasteiger partial charge >= 0.3 is 0 Å². The van der Waals surface area contributed by atoms with Gasteiger partial charge < -0.3 is 9.88 Å². The van der Waals surface area contributed by atoms with Gasteiger partial charge in [-0.15, -0.1) is 24.8 Å². The normalized spacial score (nSPS) is 13.3. The fourth-order valence-electron chi connectivity index (χ4n) is 2.83. The predicted molar refractivity (Wildman–Crippen MR) is 97.6 cm³/mol. The molecular formula is C16H20Cl2N6. The van der Waals surface area contributed by atoms with E-state index in [4.69, 9.17) is 5.10 Å². The first-order valence-corrected chi connectivity index (χ1v) is 7.58. The molecule has 0 saturated carbocycles. The molecule has 8 heteroatoms. The zero-order chi connectivity index (χ0) is 14.8. The molecule has 0 aliphatic carbocycles. The second-order valence-electron chi connectivity index (χ2n) is 5.51. The van der Waals surface area contributed by atoms with E-state index in [0.717, 1.165) is 44.1 Å². The summed E-state index contributed by atoms with van der Waals surface area (Å²) in [6.45, 7) is 3.67. The fraction of sp³-hybridized carbons (Fsp3) is 0.312. The van der Waals surface area contributed by atoms with Crippen molar-refractivity contribution in [3.63, 3.8) is 0 Å². The SMILES string of the molecule is Cl.Cl.c1cc(Cn2ccnc2-c2cc3n(n2)CCCNC3)ccn1. The first-order chi connectivity index (χ1) is 10.9. The molecule has 0 unspecified atom stereocenters. The van der Waals surface area contributed by atoms with Crippen LogP contribution in [-0.2, 0) is 19.6 Å². The molecule has 1 aliphatic heterocycles. The predicted octanol–water partition coefficient (Wildman–Crippen LogP) is 2.53.